The number of rotatable bonds is 0. The number of hydrogen-bond donors (Lipinski definition) is 0. The van der Waals surface area contributed by atoms with Gasteiger partial charge in [-0.25, -0.2) is 0 Å². The van der Waals surface area contributed by atoms with Crippen LogP contribution in [0.4, 0.5) is 0 Å². The van der Waals surface area contributed by atoms with Crippen molar-refractivity contribution in [1.29, 1.82) is 0 Å². The SMILES string of the molecule is C#Cc1ccc2c(c1)C(C)(C)CC1(CC1)O2. The van der Waals surface area contributed by atoms with Crippen molar-refractivity contribution in [2.75, 3.05) is 0 Å². The van der Waals surface area contributed by atoms with Gasteiger partial charge in [0.05, 0.1) is 0 Å². The molecule has 1 heterocycles. The Kier molecular flexibility index (Phi) is 1.73. The smallest absolute Gasteiger partial charge is 0.123 e. The molecule has 0 amide bonds. The summed E-state index contributed by atoms with van der Waals surface area (Å²) in [5.41, 5.74) is 2.54. The number of terminal acetylenes is 1. The van der Waals surface area contributed by atoms with Crippen LogP contribution in [0.2, 0.25) is 0 Å². The first-order valence-electron chi connectivity index (χ1n) is 5.85. The topological polar surface area (TPSA) is 9.23 Å². The van der Waals surface area contributed by atoms with E-state index in [2.05, 4.69) is 25.8 Å². The van der Waals surface area contributed by atoms with Crippen LogP contribution in [0.3, 0.4) is 0 Å². The summed E-state index contributed by atoms with van der Waals surface area (Å²) in [5.74, 6) is 3.73. The second-order valence-corrected chi connectivity index (χ2v) is 5.70. The maximum Gasteiger partial charge on any atom is 0.123 e. The molecule has 1 aliphatic heterocycles. The number of hydrogen-bond acceptors (Lipinski definition) is 1. The lowest BCUT2D eigenvalue weighted by atomic mass is 9.76. The van der Waals surface area contributed by atoms with E-state index in [0.717, 1.165) is 17.7 Å². The monoisotopic (exact) mass is 212 g/mol. The minimum atomic E-state index is 0.147. The molecule has 1 aromatic rings. The highest BCUT2D eigenvalue weighted by atomic mass is 16.5. The maximum atomic E-state index is 6.10. The minimum Gasteiger partial charge on any atom is -0.487 e. The third kappa shape index (κ3) is 1.33. The van der Waals surface area contributed by atoms with Gasteiger partial charge in [0.1, 0.15) is 11.4 Å². The molecule has 0 unspecified atom stereocenters. The predicted octanol–water partition coefficient (Wildman–Crippen LogP) is 3.26. The summed E-state index contributed by atoms with van der Waals surface area (Å²) in [7, 11) is 0. The summed E-state index contributed by atoms with van der Waals surface area (Å²) in [6.07, 6.45) is 8.96. The third-order valence-corrected chi connectivity index (χ3v) is 3.77. The first-order valence-corrected chi connectivity index (χ1v) is 5.85. The van der Waals surface area contributed by atoms with Gasteiger partial charge < -0.3 is 4.74 Å². The zero-order chi connectivity index (χ0) is 11.4. The highest BCUT2D eigenvalue weighted by Gasteiger charge is 2.52. The van der Waals surface area contributed by atoms with E-state index in [0.29, 0.717) is 0 Å². The second kappa shape index (κ2) is 2.83. The molecule has 0 N–H and O–H groups in total. The van der Waals surface area contributed by atoms with Crippen LogP contribution in [0.5, 0.6) is 5.75 Å². The lowest BCUT2D eigenvalue weighted by Crippen LogP contribution is -2.35. The average molecular weight is 212 g/mol. The number of fused-ring (bicyclic) bond motifs is 1. The van der Waals surface area contributed by atoms with Crippen LogP contribution in [0.1, 0.15) is 44.2 Å². The van der Waals surface area contributed by atoms with Crippen molar-refractivity contribution in [1.82, 2.24) is 0 Å². The molecule has 1 saturated carbocycles. The Bertz CT molecular complexity index is 487. The van der Waals surface area contributed by atoms with E-state index in [1.807, 2.05) is 12.1 Å². The standard InChI is InChI=1S/C15H16O/c1-4-11-5-6-13-12(9-11)14(2,3)10-15(16-13)7-8-15/h1,5-6,9H,7-8,10H2,2-3H3. The van der Waals surface area contributed by atoms with Gasteiger partial charge in [-0.2, -0.15) is 0 Å². The van der Waals surface area contributed by atoms with Crippen molar-refractivity contribution >= 4 is 0 Å². The lowest BCUT2D eigenvalue weighted by Gasteiger charge is -2.38. The van der Waals surface area contributed by atoms with Gasteiger partial charge in [-0.15, -0.1) is 6.42 Å². The Morgan fingerprint density at radius 3 is 2.69 bits per heavy atom. The van der Waals surface area contributed by atoms with Gasteiger partial charge in [-0.1, -0.05) is 19.8 Å². The fourth-order valence-electron chi connectivity index (χ4n) is 2.83. The molecule has 1 spiro atoms. The first kappa shape index (κ1) is 9.78. The van der Waals surface area contributed by atoms with Gasteiger partial charge in [0.25, 0.3) is 0 Å². The Morgan fingerprint density at radius 2 is 2.06 bits per heavy atom. The summed E-state index contributed by atoms with van der Waals surface area (Å²) < 4.78 is 6.10. The van der Waals surface area contributed by atoms with Crippen LogP contribution in [0, 0.1) is 12.3 Å². The van der Waals surface area contributed by atoms with Crippen LogP contribution < -0.4 is 4.74 Å². The highest BCUT2D eigenvalue weighted by Crippen LogP contribution is 2.54. The Hall–Kier alpha value is -1.42. The van der Waals surface area contributed by atoms with E-state index in [1.54, 1.807) is 0 Å². The van der Waals surface area contributed by atoms with Crippen molar-refractivity contribution in [2.45, 2.75) is 44.1 Å². The molecule has 16 heavy (non-hydrogen) atoms. The van der Waals surface area contributed by atoms with Gasteiger partial charge in [-0.05, 0) is 42.9 Å². The van der Waals surface area contributed by atoms with Crippen molar-refractivity contribution < 1.29 is 4.74 Å². The zero-order valence-corrected chi connectivity index (χ0v) is 9.84. The highest BCUT2D eigenvalue weighted by molar-refractivity contribution is 5.49. The molecular weight excluding hydrogens is 196 g/mol. The van der Waals surface area contributed by atoms with Crippen LogP contribution in [-0.4, -0.2) is 5.60 Å². The van der Waals surface area contributed by atoms with Crippen LogP contribution in [-0.2, 0) is 5.41 Å². The van der Waals surface area contributed by atoms with E-state index < -0.39 is 0 Å². The molecule has 0 radical (unpaired) electrons. The van der Waals surface area contributed by atoms with Crippen LogP contribution >= 0.6 is 0 Å². The van der Waals surface area contributed by atoms with Gasteiger partial charge in [0, 0.05) is 11.1 Å². The molecule has 0 bridgehead atoms. The molecule has 2 aliphatic rings. The molecule has 1 heteroatoms. The maximum absolute atomic E-state index is 6.10. The summed E-state index contributed by atoms with van der Waals surface area (Å²) >= 11 is 0. The van der Waals surface area contributed by atoms with E-state index in [1.165, 1.54) is 18.4 Å². The van der Waals surface area contributed by atoms with Crippen molar-refractivity contribution in [3.63, 3.8) is 0 Å². The number of ether oxygens (including phenoxy) is 1. The molecule has 1 aromatic carbocycles. The lowest BCUT2D eigenvalue weighted by molar-refractivity contribution is 0.113. The largest absolute Gasteiger partial charge is 0.487 e. The molecule has 1 aliphatic carbocycles. The summed E-state index contributed by atoms with van der Waals surface area (Å²) in [5, 5.41) is 0. The molecule has 1 nitrogen and oxygen atoms in total. The minimum absolute atomic E-state index is 0.147. The van der Waals surface area contributed by atoms with E-state index in [-0.39, 0.29) is 11.0 Å². The van der Waals surface area contributed by atoms with Crippen molar-refractivity contribution in [3.8, 4) is 18.1 Å². The molecule has 0 aromatic heterocycles. The van der Waals surface area contributed by atoms with Crippen molar-refractivity contribution in [3.05, 3.63) is 29.3 Å². The van der Waals surface area contributed by atoms with Crippen molar-refractivity contribution in [2.24, 2.45) is 0 Å². The molecule has 82 valence electrons. The average Bonchev–Trinajstić information content (AvgIpc) is 2.96. The van der Waals surface area contributed by atoms with Crippen LogP contribution in [0.25, 0.3) is 0 Å². The predicted molar refractivity (Wildman–Crippen MR) is 64.6 cm³/mol. The van der Waals surface area contributed by atoms with Gasteiger partial charge >= 0.3 is 0 Å². The molecular formula is C15H16O. The van der Waals surface area contributed by atoms with E-state index >= 15 is 0 Å². The van der Waals surface area contributed by atoms with Gasteiger partial charge in [0.15, 0.2) is 0 Å². The third-order valence-electron chi connectivity index (χ3n) is 3.77. The number of benzene rings is 1. The second-order valence-electron chi connectivity index (χ2n) is 5.70. The fourth-order valence-corrected chi connectivity index (χ4v) is 2.83. The summed E-state index contributed by atoms with van der Waals surface area (Å²) in [6, 6.07) is 6.10. The van der Waals surface area contributed by atoms with Gasteiger partial charge in [0.2, 0.25) is 0 Å². The van der Waals surface area contributed by atoms with E-state index in [4.69, 9.17) is 11.2 Å². The Balaban J connectivity index is 2.12. The normalized spacial score (nSPS) is 23.1. The van der Waals surface area contributed by atoms with Gasteiger partial charge in [-0.3, -0.25) is 0 Å². The first-order chi connectivity index (χ1) is 7.55. The fraction of sp³-hybridized carbons (Fsp3) is 0.467. The molecule has 0 saturated heterocycles. The Morgan fingerprint density at radius 1 is 1.31 bits per heavy atom. The molecule has 3 rings (SSSR count). The summed E-state index contributed by atoms with van der Waals surface area (Å²) in [4.78, 5) is 0. The molecule has 0 atom stereocenters. The van der Waals surface area contributed by atoms with E-state index in [9.17, 15) is 0 Å². The quantitative estimate of drug-likeness (QED) is 0.600. The zero-order valence-electron chi connectivity index (χ0n) is 9.84. The summed E-state index contributed by atoms with van der Waals surface area (Å²) in [6.45, 7) is 4.57. The Labute approximate surface area is 96.8 Å². The molecule has 1 fully saturated rings. The van der Waals surface area contributed by atoms with Crippen LogP contribution in [0.15, 0.2) is 18.2 Å².